The van der Waals surface area contributed by atoms with Gasteiger partial charge in [0.25, 0.3) is 5.56 Å². The molecule has 1 unspecified atom stereocenters. The van der Waals surface area contributed by atoms with Crippen LogP contribution in [0.5, 0.6) is 0 Å². The van der Waals surface area contributed by atoms with E-state index in [4.69, 9.17) is 0 Å². The van der Waals surface area contributed by atoms with E-state index < -0.39 is 6.10 Å². The van der Waals surface area contributed by atoms with Crippen molar-refractivity contribution in [2.24, 2.45) is 0 Å². The Balaban J connectivity index is 1.97. The number of hydrogen-bond acceptors (Lipinski definition) is 5. The van der Waals surface area contributed by atoms with Crippen molar-refractivity contribution < 1.29 is 5.11 Å². The summed E-state index contributed by atoms with van der Waals surface area (Å²) in [4.78, 5) is 14.2. The maximum Gasteiger partial charge on any atom is 0.268 e. The van der Waals surface area contributed by atoms with E-state index in [1.54, 1.807) is 12.3 Å². The minimum atomic E-state index is -0.611. The Morgan fingerprint density at radius 3 is 2.70 bits per heavy atom. The number of nitrogens with one attached hydrogen (secondary N) is 1. The van der Waals surface area contributed by atoms with Gasteiger partial charge < -0.3 is 15.3 Å². The second kappa shape index (κ2) is 6.85. The second-order valence-corrected chi connectivity index (χ2v) is 5.65. The summed E-state index contributed by atoms with van der Waals surface area (Å²) in [6.45, 7) is 6.70. The van der Waals surface area contributed by atoms with Crippen molar-refractivity contribution in [3.63, 3.8) is 0 Å². The van der Waals surface area contributed by atoms with Crippen LogP contribution >= 0.6 is 0 Å². The van der Waals surface area contributed by atoms with Crippen LogP contribution in [-0.2, 0) is 6.54 Å². The van der Waals surface area contributed by atoms with Crippen molar-refractivity contribution in [2.75, 3.05) is 24.5 Å². The lowest BCUT2D eigenvalue weighted by molar-refractivity contribution is 0.142. The third-order valence-corrected chi connectivity index (χ3v) is 3.47. The molecule has 2 N–H and O–H groups in total. The molecule has 0 radical (unpaired) electrons. The Morgan fingerprint density at radius 2 is 2.10 bits per heavy atom. The van der Waals surface area contributed by atoms with Crippen molar-refractivity contribution in [3.05, 3.63) is 22.6 Å². The van der Waals surface area contributed by atoms with Crippen LogP contribution in [-0.4, -0.2) is 46.7 Å². The van der Waals surface area contributed by atoms with Gasteiger partial charge in [-0.1, -0.05) is 13.8 Å². The van der Waals surface area contributed by atoms with Crippen molar-refractivity contribution in [3.8, 4) is 0 Å². The van der Waals surface area contributed by atoms with E-state index in [-0.39, 0.29) is 12.1 Å². The molecule has 1 aliphatic rings. The molecule has 1 aromatic rings. The van der Waals surface area contributed by atoms with E-state index in [0.29, 0.717) is 12.6 Å². The van der Waals surface area contributed by atoms with E-state index in [0.717, 1.165) is 18.8 Å². The molecule has 0 saturated carbocycles. The molecule has 1 fully saturated rings. The third kappa shape index (κ3) is 4.05. The first-order chi connectivity index (χ1) is 9.56. The molecule has 0 amide bonds. The van der Waals surface area contributed by atoms with Gasteiger partial charge in [0.05, 0.1) is 24.5 Å². The smallest absolute Gasteiger partial charge is 0.268 e. The van der Waals surface area contributed by atoms with Crippen LogP contribution in [0.25, 0.3) is 0 Å². The van der Waals surface area contributed by atoms with E-state index >= 15 is 0 Å². The van der Waals surface area contributed by atoms with Gasteiger partial charge in [0, 0.05) is 31.7 Å². The summed E-state index contributed by atoms with van der Waals surface area (Å²) in [6.07, 6.45) is 3.45. The van der Waals surface area contributed by atoms with Gasteiger partial charge in [-0.25, -0.2) is 4.68 Å². The minimum Gasteiger partial charge on any atom is -0.390 e. The van der Waals surface area contributed by atoms with Crippen LogP contribution in [0.3, 0.4) is 0 Å². The highest BCUT2D eigenvalue weighted by Gasteiger charge is 2.14. The lowest BCUT2D eigenvalue weighted by Gasteiger charge is -2.18. The fourth-order valence-corrected chi connectivity index (χ4v) is 2.35. The minimum absolute atomic E-state index is 0.155. The average molecular weight is 280 g/mol. The van der Waals surface area contributed by atoms with E-state index in [9.17, 15) is 9.90 Å². The molecule has 2 rings (SSSR count). The molecule has 2 heterocycles. The summed E-state index contributed by atoms with van der Waals surface area (Å²) in [5, 5.41) is 17.2. The Morgan fingerprint density at radius 1 is 1.40 bits per heavy atom. The largest absolute Gasteiger partial charge is 0.390 e. The van der Waals surface area contributed by atoms with Gasteiger partial charge in [-0.05, 0) is 12.8 Å². The quantitative estimate of drug-likeness (QED) is 0.779. The van der Waals surface area contributed by atoms with Gasteiger partial charge >= 0.3 is 0 Å². The molecule has 0 aromatic carbocycles. The highest BCUT2D eigenvalue weighted by molar-refractivity contribution is 5.43. The highest BCUT2D eigenvalue weighted by atomic mass is 16.3. The number of hydrogen-bond donors (Lipinski definition) is 2. The first-order valence-electron chi connectivity index (χ1n) is 7.30. The van der Waals surface area contributed by atoms with Crippen LogP contribution in [0, 0.1) is 0 Å². The molecule has 0 spiro atoms. The maximum absolute atomic E-state index is 12.0. The van der Waals surface area contributed by atoms with Crippen molar-refractivity contribution in [1.82, 2.24) is 15.1 Å². The summed E-state index contributed by atoms with van der Waals surface area (Å²) in [6, 6.07) is 1.92. The van der Waals surface area contributed by atoms with Gasteiger partial charge in [0.1, 0.15) is 0 Å². The van der Waals surface area contributed by atoms with E-state index in [2.05, 4.69) is 15.3 Å². The Kier molecular flexibility index (Phi) is 5.14. The molecular weight excluding hydrogens is 256 g/mol. The fourth-order valence-electron chi connectivity index (χ4n) is 2.35. The Hall–Kier alpha value is -1.40. The molecule has 112 valence electrons. The molecule has 1 atom stereocenters. The summed E-state index contributed by atoms with van der Waals surface area (Å²) >= 11 is 0. The third-order valence-electron chi connectivity index (χ3n) is 3.47. The predicted molar refractivity (Wildman–Crippen MR) is 79.1 cm³/mol. The SMILES string of the molecule is CC(C)NCC(O)Cn1ncc(N2CCCC2)cc1=O. The highest BCUT2D eigenvalue weighted by Crippen LogP contribution is 2.16. The van der Waals surface area contributed by atoms with E-state index in [1.807, 2.05) is 13.8 Å². The zero-order valence-electron chi connectivity index (χ0n) is 12.2. The summed E-state index contributed by atoms with van der Waals surface area (Å²) in [7, 11) is 0. The Bertz CT molecular complexity index is 480. The van der Waals surface area contributed by atoms with E-state index in [1.165, 1.54) is 17.5 Å². The number of aromatic nitrogens is 2. The van der Waals surface area contributed by atoms with Crippen molar-refractivity contribution in [1.29, 1.82) is 0 Å². The second-order valence-electron chi connectivity index (χ2n) is 5.65. The number of aliphatic hydroxyl groups excluding tert-OH is 1. The monoisotopic (exact) mass is 280 g/mol. The lowest BCUT2D eigenvalue weighted by atomic mass is 10.3. The van der Waals surface area contributed by atoms with Crippen LogP contribution in [0.4, 0.5) is 5.69 Å². The lowest BCUT2D eigenvalue weighted by Crippen LogP contribution is -2.37. The summed E-state index contributed by atoms with van der Waals surface area (Å²) in [5.41, 5.74) is 0.733. The summed E-state index contributed by atoms with van der Waals surface area (Å²) < 4.78 is 1.33. The van der Waals surface area contributed by atoms with Gasteiger partial charge in [0.15, 0.2) is 0 Å². The molecule has 6 nitrogen and oxygen atoms in total. The fraction of sp³-hybridized carbons (Fsp3) is 0.714. The van der Waals surface area contributed by atoms with Crippen molar-refractivity contribution in [2.45, 2.75) is 45.4 Å². The first kappa shape index (κ1) is 15.0. The predicted octanol–water partition coefficient (Wildman–Crippen LogP) is 0.202. The molecular formula is C14H24N4O2. The van der Waals surface area contributed by atoms with Gasteiger partial charge in [-0.3, -0.25) is 4.79 Å². The maximum atomic E-state index is 12.0. The summed E-state index contributed by atoms with van der Waals surface area (Å²) in [5.74, 6) is 0. The normalized spacial score (nSPS) is 16.9. The molecule has 0 aliphatic carbocycles. The van der Waals surface area contributed by atoms with Crippen LogP contribution < -0.4 is 15.8 Å². The molecule has 6 heteroatoms. The molecule has 1 aromatic heterocycles. The average Bonchev–Trinajstić information content (AvgIpc) is 2.92. The zero-order valence-corrected chi connectivity index (χ0v) is 12.2. The standard InChI is InChI=1S/C14H24N4O2/c1-11(2)15-9-13(19)10-18-14(20)7-12(8-16-18)17-5-3-4-6-17/h7-8,11,13,15,19H,3-6,9-10H2,1-2H3. The topological polar surface area (TPSA) is 70.4 Å². The number of nitrogens with zero attached hydrogens (tertiary/aromatic N) is 3. The number of aliphatic hydroxyl groups is 1. The van der Waals surface area contributed by atoms with Crippen LogP contribution in [0.2, 0.25) is 0 Å². The van der Waals surface area contributed by atoms with Gasteiger partial charge in [-0.15, -0.1) is 0 Å². The van der Waals surface area contributed by atoms with Gasteiger partial charge in [0.2, 0.25) is 0 Å². The number of anilines is 1. The Labute approximate surface area is 119 Å². The number of rotatable bonds is 6. The van der Waals surface area contributed by atoms with Crippen LogP contribution in [0.15, 0.2) is 17.1 Å². The molecule has 1 aliphatic heterocycles. The van der Waals surface area contributed by atoms with Crippen LogP contribution in [0.1, 0.15) is 26.7 Å². The first-order valence-corrected chi connectivity index (χ1v) is 7.30. The van der Waals surface area contributed by atoms with Crippen molar-refractivity contribution >= 4 is 5.69 Å². The molecule has 0 bridgehead atoms. The zero-order chi connectivity index (χ0) is 14.5. The van der Waals surface area contributed by atoms with Gasteiger partial charge in [-0.2, -0.15) is 5.10 Å². The molecule has 1 saturated heterocycles. The molecule has 20 heavy (non-hydrogen) atoms.